The molecule has 0 heterocycles. The molecule has 3 N–H and O–H groups in total. The van der Waals surface area contributed by atoms with Gasteiger partial charge < -0.3 is 10.8 Å². The quantitative estimate of drug-likeness (QED) is 0.875. The highest BCUT2D eigenvalue weighted by Gasteiger charge is 2.38. The van der Waals surface area contributed by atoms with Gasteiger partial charge in [-0.2, -0.15) is 0 Å². The SMILES string of the molecule is Cc1ccc(Br)c(C2(CN)CCCC2)c1O. The molecule has 0 unspecified atom stereocenters. The number of benzene rings is 1. The molecular formula is C13H18BrNO. The van der Waals surface area contributed by atoms with Crippen LogP contribution in [0.25, 0.3) is 0 Å². The van der Waals surface area contributed by atoms with E-state index in [2.05, 4.69) is 15.9 Å². The number of hydrogen-bond donors (Lipinski definition) is 2. The van der Waals surface area contributed by atoms with Crippen LogP contribution in [0, 0.1) is 6.92 Å². The van der Waals surface area contributed by atoms with Gasteiger partial charge in [0.1, 0.15) is 5.75 Å². The van der Waals surface area contributed by atoms with Crippen LogP contribution >= 0.6 is 15.9 Å². The molecule has 0 radical (unpaired) electrons. The largest absolute Gasteiger partial charge is 0.507 e. The Morgan fingerprint density at radius 1 is 1.38 bits per heavy atom. The Balaban J connectivity index is 2.57. The number of phenols is 1. The van der Waals surface area contributed by atoms with Gasteiger partial charge in [0.15, 0.2) is 0 Å². The molecule has 0 aromatic heterocycles. The second-order valence-electron chi connectivity index (χ2n) is 4.78. The summed E-state index contributed by atoms with van der Waals surface area (Å²) >= 11 is 3.55. The van der Waals surface area contributed by atoms with Gasteiger partial charge >= 0.3 is 0 Å². The summed E-state index contributed by atoms with van der Waals surface area (Å²) in [5.41, 5.74) is 7.89. The van der Waals surface area contributed by atoms with Crippen molar-refractivity contribution in [2.45, 2.75) is 38.0 Å². The van der Waals surface area contributed by atoms with Crippen LogP contribution in [-0.2, 0) is 5.41 Å². The lowest BCUT2D eigenvalue weighted by atomic mass is 9.78. The van der Waals surface area contributed by atoms with Gasteiger partial charge in [0.05, 0.1) is 0 Å². The fraction of sp³-hybridized carbons (Fsp3) is 0.538. The first kappa shape index (κ1) is 11.9. The molecule has 1 aromatic rings. The number of aromatic hydroxyl groups is 1. The van der Waals surface area contributed by atoms with Crippen LogP contribution in [0.2, 0.25) is 0 Å². The molecule has 0 spiro atoms. The molecule has 3 heteroatoms. The average molecular weight is 284 g/mol. The maximum atomic E-state index is 10.2. The van der Waals surface area contributed by atoms with Crippen LogP contribution < -0.4 is 5.73 Å². The summed E-state index contributed by atoms with van der Waals surface area (Å²) in [5.74, 6) is 0.418. The van der Waals surface area contributed by atoms with Gasteiger partial charge in [-0.3, -0.25) is 0 Å². The highest BCUT2D eigenvalue weighted by Crippen LogP contribution is 2.47. The van der Waals surface area contributed by atoms with E-state index in [9.17, 15) is 5.11 Å². The fourth-order valence-electron chi connectivity index (χ4n) is 2.78. The predicted molar refractivity (Wildman–Crippen MR) is 69.7 cm³/mol. The first-order valence-electron chi connectivity index (χ1n) is 5.79. The van der Waals surface area contributed by atoms with Crippen molar-refractivity contribution in [2.24, 2.45) is 5.73 Å². The van der Waals surface area contributed by atoms with E-state index in [4.69, 9.17) is 5.73 Å². The maximum Gasteiger partial charge on any atom is 0.123 e. The standard InChI is InChI=1S/C13H18BrNO/c1-9-4-5-10(14)11(12(9)16)13(8-15)6-2-3-7-13/h4-5,16H,2-3,6-8,15H2,1H3. The molecule has 0 saturated heterocycles. The topological polar surface area (TPSA) is 46.2 Å². The Morgan fingerprint density at radius 2 is 2.00 bits per heavy atom. The van der Waals surface area contributed by atoms with Crippen molar-refractivity contribution < 1.29 is 5.11 Å². The monoisotopic (exact) mass is 283 g/mol. The first-order valence-corrected chi connectivity index (χ1v) is 6.59. The molecule has 1 aliphatic rings. The van der Waals surface area contributed by atoms with Gasteiger partial charge in [0.25, 0.3) is 0 Å². The van der Waals surface area contributed by atoms with Crippen molar-refractivity contribution in [1.82, 2.24) is 0 Å². The highest BCUT2D eigenvalue weighted by atomic mass is 79.9. The Kier molecular flexibility index (Phi) is 3.27. The predicted octanol–water partition coefficient (Wildman–Crippen LogP) is 3.23. The zero-order valence-corrected chi connectivity index (χ0v) is 11.2. The van der Waals surface area contributed by atoms with Crippen molar-refractivity contribution in [3.8, 4) is 5.75 Å². The summed E-state index contributed by atoms with van der Waals surface area (Å²) in [6.45, 7) is 2.55. The normalized spacial score (nSPS) is 18.9. The van der Waals surface area contributed by atoms with Crippen molar-refractivity contribution >= 4 is 15.9 Å². The zero-order valence-electron chi connectivity index (χ0n) is 9.59. The third-order valence-electron chi connectivity index (χ3n) is 3.81. The molecule has 16 heavy (non-hydrogen) atoms. The van der Waals surface area contributed by atoms with Crippen molar-refractivity contribution in [2.75, 3.05) is 6.54 Å². The van der Waals surface area contributed by atoms with Crippen LogP contribution in [0.3, 0.4) is 0 Å². The summed E-state index contributed by atoms with van der Waals surface area (Å²) in [7, 11) is 0. The molecule has 0 bridgehead atoms. The van der Waals surface area contributed by atoms with E-state index in [1.807, 2.05) is 19.1 Å². The summed E-state index contributed by atoms with van der Waals surface area (Å²) in [6, 6.07) is 3.95. The molecule has 2 nitrogen and oxygen atoms in total. The van der Waals surface area contributed by atoms with Gasteiger partial charge in [-0.15, -0.1) is 0 Å². The van der Waals surface area contributed by atoms with Crippen molar-refractivity contribution in [1.29, 1.82) is 0 Å². The van der Waals surface area contributed by atoms with E-state index < -0.39 is 0 Å². The molecule has 1 fully saturated rings. The van der Waals surface area contributed by atoms with Crippen LogP contribution in [0.1, 0.15) is 36.8 Å². The van der Waals surface area contributed by atoms with Crippen LogP contribution in [0.4, 0.5) is 0 Å². The Morgan fingerprint density at radius 3 is 2.56 bits per heavy atom. The third kappa shape index (κ3) is 1.76. The second-order valence-corrected chi connectivity index (χ2v) is 5.63. The molecule has 1 saturated carbocycles. The van der Waals surface area contributed by atoms with Crippen molar-refractivity contribution in [3.63, 3.8) is 0 Å². The summed E-state index contributed by atoms with van der Waals surface area (Å²) < 4.78 is 0.989. The van der Waals surface area contributed by atoms with Crippen LogP contribution in [0.5, 0.6) is 5.75 Å². The number of aryl methyl sites for hydroxylation is 1. The lowest BCUT2D eigenvalue weighted by molar-refractivity contribution is 0.401. The molecule has 0 amide bonds. The van der Waals surface area contributed by atoms with E-state index in [0.717, 1.165) is 28.4 Å². The van der Waals surface area contributed by atoms with Gasteiger partial charge in [0, 0.05) is 22.0 Å². The Bertz CT molecular complexity index is 397. The van der Waals surface area contributed by atoms with E-state index in [1.54, 1.807) is 0 Å². The van der Waals surface area contributed by atoms with Crippen LogP contribution in [0.15, 0.2) is 16.6 Å². The van der Waals surface area contributed by atoms with Gasteiger partial charge in [-0.05, 0) is 31.4 Å². The number of halogens is 1. The zero-order chi connectivity index (χ0) is 11.8. The maximum absolute atomic E-state index is 10.2. The van der Waals surface area contributed by atoms with Gasteiger partial charge in [-0.1, -0.05) is 34.8 Å². The van der Waals surface area contributed by atoms with Gasteiger partial charge in [-0.25, -0.2) is 0 Å². The lowest BCUT2D eigenvalue weighted by Gasteiger charge is -2.30. The van der Waals surface area contributed by atoms with Crippen LogP contribution in [-0.4, -0.2) is 11.7 Å². The smallest absolute Gasteiger partial charge is 0.123 e. The van der Waals surface area contributed by atoms with E-state index in [0.29, 0.717) is 12.3 Å². The minimum atomic E-state index is -0.0189. The molecular weight excluding hydrogens is 266 g/mol. The summed E-state index contributed by atoms with van der Waals surface area (Å²) in [6.07, 6.45) is 4.58. The first-order chi connectivity index (χ1) is 7.60. The molecule has 1 aromatic carbocycles. The second kappa shape index (κ2) is 4.38. The van der Waals surface area contributed by atoms with Gasteiger partial charge in [0.2, 0.25) is 0 Å². The molecule has 2 rings (SSSR count). The molecule has 0 aliphatic heterocycles. The molecule has 0 atom stereocenters. The van der Waals surface area contributed by atoms with E-state index in [-0.39, 0.29) is 5.41 Å². The lowest BCUT2D eigenvalue weighted by Crippen LogP contribution is -2.32. The minimum absolute atomic E-state index is 0.0189. The van der Waals surface area contributed by atoms with Crippen molar-refractivity contribution in [3.05, 3.63) is 27.7 Å². The fourth-order valence-corrected chi connectivity index (χ4v) is 3.52. The molecule has 1 aliphatic carbocycles. The number of rotatable bonds is 2. The summed E-state index contributed by atoms with van der Waals surface area (Å²) in [4.78, 5) is 0. The highest BCUT2D eigenvalue weighted by molar-refractivity contribution is 9.10. The minimum Gasteiger partial charge on any atom is -0.507 e. The number of nitrogens with two attached hydrogens (primary N) is 1. The summed E-state index contributed by atoms with van der Waals surface area (Å²) in [5, 5.41) is 10.2. The number of phenolic OH excluding ortho intramolecular Hbond substituents is 1. The van der Waals surface area contributed by atoms with E-state index >= 15 is 0 Å². The Labute approximate surface area is 105 Å². The third-order valence-corrected chi connectivity index (χ3v) is 4.47. The average Bonchev–Trinajstić information content (AvgIpc) is 2.74. The number of hydrogen-bond acceptors (Lipinski definition) is 2. The van der Waals surface area contributed by atoms with E-state index in [1.165, 1.54) is 12.8 Å². The Hall–Kier alpha value is -0.540. The molecule has 88 valence electrons.